The number of hydrogen-bond donors (Lipinski definition) is 1. The fourth-order valence-corrected chi connectivity index (χ4v) is 1.42. The zero-order valence-electron chi connectivity index (χ0n) is 12.7. The van der Waals surface area contributed by atoms with Crippen molar-refractivity contribution in [1.82, 2.24) is 5.32 Å². The lowest BCUT2D eigenvalue weighted by Gasteiger charge is -2.19. The molecule has 1 amide bonds. The molecule has 1 N–H and O–H groups in total. The van der Waals surface area contributed by atoms with E-state index in [0.717, 1.165) is 0 Å². The summed E-state index contributed by atoms with van der Waals surface area (Å²) in [6.45, 7) is 5.72. The van der Waals surface area contributed by atoms with Gasteiger partial charge in [-0.05, 0) is 32.9 Å². The van der Waals surface area contributed by atoms with Crippen LogP contribution in [0, 0.1) is 17.7 Å². The molecule has 0 unspecified atom stereocenters. The van der Waals surface area contributed by atoms with Crippen LogP contribution in [-0.2, 0) is 4.74 Å². The smallest absolute Gasteiger partial charge is 0.407 e. The molecule has 1 rings (SSSR count). The Labute approximate surface area is 124 Å². The fourth-order valence-electron chi connectivity index (χ4n) is 1.42. The second-order valence-corrected chi connectivity index (χ2v) is 5.33. The lowest BCUT2D eigenvalue weighted by molar-refractivity contribution is 0.0529. The zero-order chi connectivity index (χ0) is 15.9. The Morgan fingerprint density at radius 1 is 1.38 bits per heavy atom. The first-order valence-electron chi connectivity index (χ1n) is 6.61. The van der Waals surface area contributed by atoms with Crippen LogP contribution in [0.2, 0.25) is 0 Å². The molecular weight excluding hydrogens is 273 g/mol. The van der Waals surface area contributed by atoms with Crippen molar-refractivity contribution in [3.8, 4) is 17.6 Å². The van der Waals surface area contributed by atoms with Crippen molar-refractivity contribution in [2.45, 2.75) is 32.8 Å². The maximum absolute atomic E-state index is 13.6. The minimum atomic E-state index is -0.526. The van der Waals surface area contributed by atoms with Crippen molar-refractivity contribution in [2.75, 3.05) is 13.7 Å². The lowest BCUT2D eigenvalue weighted by Crippen LogP contribution is -2.32. The quantitative estimate of drug-likeness (QED) is 0.688. The van der Waals surface area contributed by atoms with Crippen molar-refractivity contribution >= 4 is 6.09 Å². The third-order valence-electron chi connectivity index (χ3n) is 2.32. The number of methoxy groups -OCH3 is 1. The average molecular weight is 293 g/mol. The summed E-state index contributed by atoms with van der Waals surface area (Å²) in [6, 6.07) is 4.48. The number of nitrogens with one attached hydrogen (secondary N) is 1. The number of ether oxygens (including phenoxy) is 2. The van der Waals surface area contributed by atoms with Crippen molar-refractivity contribution in [3.63, 3.8) is 0 Å². The van der Waals surface area contributed by atoms with E-state index in [4.69, 9.17) is 9.47 Å². The van der Waals surface area contributed by atoms with Crippen LogP contribution in [0.15, 0.2) is 18.2 Å². The standard InChI is InChI=1S/C16H20FNO3/c1-16(2,3)21-15(19)18-10-6-5-7-12-8-9-13(20-4)11-14(12)17/h8-9,11H,6,10H2,1-4H3,(H,18,19). The van der Waals surface area contributed by atoms with Crippen molar-refractivity contribution in [2.24, 2.45) is 0 Å². The van der Waals surface area contributed by atoms with Gasteiger partial charge in [-0.2, -0.15) is 0 Å². The topological polar surface area (TPSA) is 47.6 Å². The summed E-state index contributed by atoms with van der Waals surface area (Å²) < 4.78 is 23.6. The van der Waals surface area contributed by atoms with Crippen LogP contribution in [0.25, 0.3) is 0 Å². The van der Waals surface area contributed by atoms with E-state index in [1.54, 1.807) is 32.9 Å². The summed E-state index contributed by atoms with van der Waals surface area (Å²) in [5, 5.41) is 2.58. The van der Waals surface area contributed by atoms with E-state index in [1.807, 2.05) is 0 Å². The minimum Gasteiger partial charge on any atom is -0.497 e. The largest absolute Gasteiger partial charge is 0.497 e. The summed E-state index contributed by atoms with van der Waals surface area (Å²) in [5.74, 6) is 5.53. The third-order valence-corrected chi connectivity index (χ3v) is 2.32. The normalized spacial score (nSPS) is 10.3. The lowest BCUT2D eigenvalue weighted by atomic mass is 10.2. The van der Waals surface area contributed by atoms with E-state index in [0.29, 0.717) is 24.3 Å². The highest BCUT2D eigenvalue weighted by Gasteiger charge is 2.15. The van der Waals surface area contributed by atoms with Gasteiger partial charge in [0.25, 0.3) is 0 Å². The summed E-state index contributed by atoms with van der Waals surface area (Å²) in [7, 11) is 1.47. The van der Waals surface area contributed by atoms with Crippen molar-refractivity contribution in [3.05, 3.63) is 29.6 Å². The van der Waals surface area contributed by atoms with Crippen LogP contribution in [0.1, 0.15) is 32.8 Å². The van der Waals surface area contributed by atoms with Gasteiger partial charge in [-0.15, -0.1) is 0 Å². The summed E-state index contributed by atoms with van der Waals surface area (Å²) in [4.78, 5) is 11.4. The number of alkyl carbamates (subject to hydrolysis) is 1. The van der Waals surface area contributed by atoms with Gasteiger partial charge in [-0.1, -0.05) is 11.8 Å². The number of amides is 1. The van der Waals surface area contributed by atoms with E-state index in [1.165, 1.54) is 13.2 Å². The van der Waals surface area contributed by atoms with Crippen LogP contribution in [0.4, 0.5) is 9.18 Å². The molecule has 4 nitrogen and oxygen atoms in total. The first-order chi connectivity index (χ1) is 9.81. The Morgan fingerprint density at radius 3 is 2.67 bits per heavy atom. The first kappa shape index (κ1) is 16.8. The van der Waals surface area contributed by atoms with Gasteiger partial charge >= 0.3 is 6.09 Å². The Bertz CT molecular complexity index is 553. The molecule has 0 aliphatic rings. The second kappa shape index (κ2) is 7.53. The Hall–Kier alpha value is -2.22. The molecule has 0 radical (unpaired) electrons. The number of rotatable bonds is 3. The Kier molecular flexibility index (Phi) is 6.04. The van der Waals surface area contributed by atoms with Gasteiger partial charge in [0.05, 0.1) is 12.7 Å². The summed E-state index contributed by atoms with van der Waals surface area (Å²) in [5.41, 5.74) is -0.227. The van der Waals surface area contributed by atoms with E-state index >= 15 is 0 Å². The Morgan fingerprint density at radius 2 is 2.10 bits per heavy atom. The molecule has 0 fully saturated rings. The number of carbonyl (C=O) groups excluding carboxylic acids is 1. The van der Waals surface area contributed by atoms with Crippen LogP contribution in [0.3, 0.4) is 0 Å². The predicted octanol–water partition coefficient (Wildman–Crippen LogP) is 3.10. The number of carbonyl (C=O) groups is 1. The molecule has 0 aliphatic carbocycles. The van der Waals surface area contributed by atoms with Gasteiger partial charge in [-0.25, -0.2) is 9.18 Å². The predicted molar refractivity (Wildman–Crippen MR) is 78.7 cm³/mol. The maximum atomic E-state index is 13.6. The molecule has 1 aromatic carbocycles. The number of benzene rings is 1. The van der Waals surface area contributed by atoms with Crippen LogP contribution in [0.5, 0.6) is 5.75 Å². The molecule has 0 aromatic heterocycles. The molecule has 0 bridgehead atoms. The summed E-state index contributed by atoms with van der Waals surface area (Å²) in [6.07, 6.45) is -0.0787. The van der Waals surface area contributed by atoms with Crippen molar-refractivity contribution in [1.29, 1.82) is 0 Å². The molecular formula is C16H20FNO3. The molecule has 21 heavy (non-hydrogen) atoms. The van der Waals surface area contributed by atoms with Crippen LogP contribution in [-0.4, -0.2) is 25.3 Å². The average Bonchev–Trinajstić information content (AvgIpc) is 2.37. The number of halogens is 1. The highest BCUT2D eigenvalue weighted by molar-refractivity contribution is 5.67. The molecule has 0 heterocycles. The third kappa shape index (κ3) is 6.66. The molecule has 0 saturated carbocycles. The van der Waals surface area contributed by atoms with E-state index in [9.17, 15) is 9.18 Å². The van der Waals surface area contributed by atoms with Gasteiger partial charge in [0.2, 0.25) is 0 Å². The fraction of sp³-hybridized carbons (Fsp3) is 0.438. The molecule has 0 aliphatic heterocycles. The molecule has 114 valence electrons. The molecule has 0 saturated heterocycles. The van der Waals surface area contributed by atoms with Gasteiger partial charge in [0.15, 0.2) is 0 Å². The minimum absolute atomic E-state index is 0.299. The van der Waals surface area contributed by atoms with Crippen LogP contribution < -0.4 is 10.1 Å². The first-order valence-corrected chi connectivity index (χ1v) is 6.61. The molecule has 0 spiro atoms. The van der Waals surface area contributed by atoms with E-state index < -0.39 is 17.5 Å². The molecule has 1 aromatic rings. The zero-order valence-corrected chi connectivity index (χ0v) is 12.7. The van der Waals surface area contributed by atoms with Gasteiger partial charge in [0, 0.05) is 19.0 Å². The molecule has 0 atom stereocenters. The van der Waals surface area contributed by atoms with E-state index in [-0.39, 0.29) is 0 Å². The summed E-state index contributed by atoms with van der Waals surface area (Å²) >= 11 is 0. The van der Waals surface area contributed by atoms with Crippen LogP contribution >= 0.6 is 0 Å². The van der Waals surface area contributed by atoms with Gasteiger partial charge in [-0.3, -0.25) is 0 Å². The van der Waals surface area contributed by atoms with Gasteiger partial charge < -0.3 is 14.8 Å². The maximum Gasteiger partial charge on any atom is 0.407 e. The second-order valence-electron chi connectivity index (χ2n) is 5.33. The Balaban J connectivity index is 2.42. The molecule has 5 heteroatoms. The highest BCUT2D eigenvalue weighted by atomic mass is 19.1. The number of hydrogen-bond acceptors (Lipinski definition) is 3. The van der Waals surface area contributed by atoms with Gasteiger partial charge in [0.1, 0.15) is 17.2 Å². The van der Waals surface area contributed by atoms with Crippen molar-refractivity contribution < 1.29 is 18.7 Å². The SMILES string of the molecule is COc1ccc(C#CCCNC(=O)OC(C)(C)C)c(F)c1. The monoisotopic (exact) mass is 293 g/mol. The van der Waals surface area contributed by atoms with E-state index in [2.05, 4.69) is 17.2 Å². The highest BCUT2D eigenvalue weighted by Crippen LogP contribution is 2.15.